The first kappa shape index (κ1) is 18.4. The van der Waals surface area contributed by atoms with Crippen LogP contribution in [0.25, 0.3) is 0 Å². The van der Waals surface area contributed by atoms with Crippen molar-refractivity contribution in [2.75, 3.05) is 26.2 Å². The van der Waals surface area contributed by atoms with Gasteiger partial charge in [-0.1, -0.05) is 19.4 Å². The van der Waals surface area contributed by atoms with Gasteiger partial charge in [0.25, 0.3) is 10.0 Å². The molecular weight excluding hydrogens is 334 g/mol. The molecule has 1 aromatic heterocycles. The van der Waals surface area contributed by atoms with Crippen molar-refractivity contribution in [2.45, 2.75) is 42.9 Å². The molecule has 1 atom stereocenters. The minimum absolute atomic E-state index is 0.192. The summed E-state index contributed by atoms with van der Waals surface area (Å²) in [4.78, 5) is 12.4. The van der Waals surface area contributed by atoms with E-state index in [1.54, 1.807) is 17.5 Å². The molecule has 1 aliphatic rings. The molecule has 2 N–H and O–H groups in total. The molecule has 1 aliphatic heterocycles. The molecule has 2 rings (SSSR count). The van der Waals surface area contributed by atoms with E-state index in [4.69, 9.17) is 0 Å². The van der Waals surface area contributed by atoms with E-state index < -0.39 is 16.1 Å². The Bertz CT molecular complexity index is 587. The quantitative estimate of drug-likeness (QED) is 0.688. The lowest BCUT2D eigenvalue weighted by Gasteiger charge is -2.33. The summed E-state index contributed by atoms with van der Waals surface area (Å²) >= 11 is 1.19. The second-order valence-corrected chi connectivity index (χ2v) is 8.67. The van der Waals surface area contributed by atoms with Crippen molar-refractivity contribution < 1.29 is 13.2 Å². The van der Waals surface area contributed by atoms with Crippen LogP contribution < -0.4 is 10.6 Å². The number of nitrogens with one attached hydrogen (secondary N) is 2. The number of carbonyl (C=O) groups is 1. The van der Waals surface area contributed by atoms with Crippen molar-refractivity contribution in [1.82, 2.24) is 14.9 Å². The standard InChI is InChI=1S/C15H25N3O3S2/c1-2-8-16-9-10-17-15(19)13-6-3-4-11-18(13)23(20,21)14-7-5-12-22-14/h5,7,12-13,16H,2-4,6,8-11H2,1H3,(H,17,19). The third-order valence-electron chi connectivity index (χ3n) is 3.84. The first-order valence-electron chi connectivity index (χ1n) is 8.11. The van der Waals surface area contributed by atoms with Crippen LogP contribution in [0.1, 0.15) is 32.6 Å². The Hall–Kier alpha value is -0.960. The smallest absolute Gasteiger partial charge is 0.253 e. The van der Waals surface area contributed by atoms with Gasteiger partial charge in [0.05, 0.1) is 0 Å². The molecule has 1 aromatic rings. The molecular formula is C15H25N3O3S2. The fourth-order valence-corrected chi connectivity index (χ4v) is 5.45. The second-order valence-electron chi connectivity index (χ2n) is 5.60. The Labute approximate surface area is 142 Å². The maximum Gasteiger partial charge on any atom is 0.253 e. The molecule has 0 spiro atoms. The summed E-state index contributed by atoms with van der Waals surface area (Å²) < 4.78 is 27.1. The SMILES string of the molecule is CCCNCCNC(=O)C1CCCCN1S(=O)(=O)c1cccs1. The first-order chi connectivity index (χ1) is 11.1. The zero-order valence-electron chi connectivity index (χ0n) is 13.5. The summed E-state index contributed by atoms with van der Waals surface area (Å²) in [7, 11) is -3.58. The van der Waals surface area contributed by atoms with Gasteiger partial charge in [0.15, 0.2) is 0 Å². The lowest BCUT2D eigenvalue weighted by molar-refractivity contribution is -0.125. The topological polar surface area (TPSA) is 78.5 Å². The molecule has 0 radical (unpaired) electrons. The summed E-state index contributed by atoms with van der Waals surface area (Å²) in [6.45, 7) is 4.62. The molecule has 2 heterocycles. The molecule has 130 valence electrons. The van der Waals surface area contributed by atoms with Gasteiger partial charge < -0.3 is 10.6 Å². The molecule has 0 saturated carbocycles. The van der Waals surface area contributed by atoms with Gasteiger partial charge in [0, 0.05) is 19.6 Å². The summed E-state index contributed by atoms with van der Waals surface area (Å²) in [6.07, 6.45) is 3.30. The van der Waals surface area contributed by atoms with Crippen molar-refractivity contribution in [1.29, 1.82) is 0 Å². The zero-order chi connectivity index (χ0) is 16.7. The third kappa shape index (κ3) is 4.76. The molecule has 1 fully saturated rings. The lowest BCUT2D eigenvalue weighted by atomic mass is 10.0. The van der Waals surface area contributed by atoms with Crippen LogP contribution in [0.2, 0.25) is 0 Å². The van der Waals surface area contributed by atoms with E-state index in [9.17, 15) is 13.2 Å². The number of sulfonamides is 1. The predicted octanol–water partition coefficient (Wildman–Crippen LogP) is 1.41. The molecule has 0 aliphatic carbocycles. The highest BCUT2D eigenvalue weighted by Crippen LogP contribution is 2.27. The summed E-state index contributed by atoms with van der Waals surface area (Å²) in [5, 5.41) is 7.81. The maximum atomic E-state index is 12.7. The number of hydrogen-bond acceptors (Lipinski definition) is 5. The van der Waals surface area contributed by atoms with Crippen LogP contribution in [0, 0.1) is 0 Å². The van der Waals surface area contributed by atoms with Crippen LogP contribution in [-0.2, 0) is 14.8 Å². The summed E-state index contributed by atoms with van der Waals surface area (Å²) in [5.41, 5.74) is 0. The predicted molar refractivity (Wildman–Crippen MR) is 92.0 cm³/mol. The van der Waals surface area contributed by atoms with E-state index >= 15 is 0 Å². The number of amides is 1. The van der Waals surface area contributed by atoms with Crippen LogP contribution in [0.15, 0.2) is 21.7 Å². The van der Waals surface area contributed by atoms with Crippen LogP contribution in [-0.4, -0.2) is 50.9 Å². The van der Waals surface area contributed by atoms with Gasteiger partial charge in [-0.05, 0) is 37.3 Å². The number of carbonyl (C=O) groups excluding carboxylic acids is 1. The van der Waals surface area contributed by atoms with Crippen LogP contribution in [0.4, 0.5) is 0 Å². The van der Waals surface area contributed by atoms with Crippen LogP contribution >= 0.6 is 11.3 Å². The molecule has 1 unspecified atom stereocenters. The zero-order valence-corrected chi connectivity index (χ0v) is 15.1. The Morgan fingerprint density at radius 2 is 2.17 bits per heavy atom. The number of rotatable bonds is 8. The number of piperidine rings is 1. The van der Waals surface area contributed by atoms with Crippen molar-refractivity contribution in [2.24, 2.45) is 0 Å². The van der Waals surface area contributed by atoms with Gasteiger partial charge in [-0.2, -0.15) is 4.31 Å². The van der Waals surface area contributed by atoms with E-state index in [-0.39, 0.29) is 5.91 Å². The first-order valence-corrected chi connectivity index (χ1v) is 10.4. The van der Waals surface area contributed by atoms with Gasteiger partial charge in [-0.25, -0.2) is 8.42 Å². The van der Waals surface area contributed by atoms with Gasteiger partial charge in [0.2, 0.25) is 5.91 Å². The second kappa shape index (κ2) is 8.77. The summed E-state index contributed by atoms with van der Waals surface area (Å²) in [5.74, 6) is -0.192. The van der Waals surface area contributed by atoms with Gasteiger partial charge in [-0.15, -0.1) is 11.3 Å². The minimum Gasteiger partial charge on any atom is -0.353 e. The Morgan fingerprint density at radius 3 is 2.87 bits per heavy atom. The molecule has 0 aromatic carbocycles. The molecule has 0 bridgehead atoms. The van der Waals surface area contributed by atoms with Gasteiger partial charge >= 0.3 is 0 Å². The molecule has 23 heavy (non-hydrogen) atoms. The molecule has 8 heteroatoms. The average Bonchev–Trinajstić information content (AvgIpc) is 3.10. The number of hydrogen-bond donors (Lipinski definition) is 2. The van der Waals surface area contributed by atoms with E-state index in [0.29, 0.717) is 30.3 Å². The van der Waals surface area contributed by atoms with Crippen LogP contribution in [0.3, 0.4) is 0 Å². The number of thiophene rings is 1. The lowest BCUT2D eigenvalue weighted by Crippen LogP contribution is -2.52. The molecule has 1 amide bonds. The van der Waals surface area contributed by atoms with Crippen molar-refractivity contribution >= 4 is 27.3 Å². The van der Waals surface area contributed by atoms with Crippen LogP contribution in [0.5, 0.6) is 0 Å². The number of nitrogens with zero attached hydrogens (tertiary/aromatic N) is 1. The van der Waals surface area contributed by atoms with Crippen molar-refractivity contribution in [3.8, 4) is 0 Å². The van der Waals surface area contributed by atoms with Crippen molar-refractivity contribution in [3.63, 3.8) is 0 Å². The van der Waals surface area contributed by atoms with Crippen molar-refractivity contribution in [3.05, 3.63) is 17.5 Å². The third-order valence-corrected chi connectivity index (χ3v) is 7.12. The Balaban J connectivity index is 1.99. The van der Waals surface area contributed by atoms with E-state index in [1.807, 2.05) is 0 Å². The Kier molecular flexibility index (Phi) is 7.01. The van der Waals surface area contributed by atoms with E-state index in [1.165, 1.54) is 15.6 Å². The highest BCUT2D eigenvalue weighted by molar-refractivity contribution is 7.91. The monoisotopic (exact) mass is 359 g/mol. The highest BCUT2D eigenvalue weighted by Gasteiger charge is 2.37. The normalized spacial score (nSPS) is 19.6. The molecule has 6 nitrogen and oxygen atoms in total. The largest absolute Gasteiger partial charge is 0.353 e. The van der Waals surface area contributed by atoms with Gasteiger partial charge in [-0.3, -0.25) is 4.79 Å². The molecule has 1 saturated heterocycles. The highest BCUT2D eigenvalue weighted by atomic mass is 32.2. The van der Waals surface area contributed by atoms with E-state index in [2.05, 4.69) is 17.6 Å². The minimum atomic E-state index is -3.58. The average molecular weight is 360 g/mol. The van der Waals surface area contributed by atoms with E-state index in [0.717, 1.165) is 25.8 Å². The fraction of sp³-hybridized carbons (Fsp3) is 0.667. The summed E-state index contributed by atoms with van der Waals surface area (Å²) in [6, 6.07) is 2.72. The Morgan fingerprint density at radius 1 is 1.35 bits per heavy atom. The van der Waals surface area contributed by atoms with Gasteiger partial charge in [0.1, 0.15) is 10.3 Å². The maximum absolute atomic E-state index is 12.7. The fourth-order valence-electron chi connectivity index (χ4n) is 2.67.